The molecule has 3 aromatic heterocycles. The van der Waals surface area contributed by atoms with Crippen molar-refractivity contribution in [3.05, 3.63) is 160 Å². The van der Waals surface area contributed by atoms with Gasteiger partial charge < -0.3 is 19.1 Å². The first-order valence-corrected chi connectivity index (χ1v) is 21.8. The minimum Gasteiger partial charge on any atom is -0.507 e. The van der Waals surface area contributed by atoms with Gasteiger partial charge in [0.15, 0.2) is 17.3 Å². The molecule has 5 heterocycles. The lowest BCUT2D eigenvalue weighted by atomic mass is 9.53. The average Bonchev–Trinajstić information content (AvgIpc) is 3.69. The zero-order valence-electron chi connectivity index (χ0n) is 36.0. The number of hydrogen-bond acceptors (Lipinski definition) is 11. The molecule has 348 valence electrons. The molecule has 21 heteroatoms. The van der Waals surface area contributed by atoms with Crippen molar-refractivity contribution >= 4 is 62.6 Å². The molecule has 2 N–H and O–H groups in total. The minimum absolute atomic E-state index is 0.0664. The number of allylic oxidation sites excluding steroid dienone is 2. The topological polar surface area (TPSA) is 185 Å². The number of aromatic nitrogens is 6. The molecule has 2 aliphatic heterocycles. The summed E-state index contributed by atoms with van der Waals surface area (Å²) >= 11 is 12.7. The van der Waals surface area contributed by atoms with Crippen LogP contribution in [-0.2, 0) is 47.7 Å². The highest BCUT2D eigenvalue weighted by Crippen LogP contribution is 2.63. The third kappa shape index (κ3) is 6.61. The molecular weight excluding hydrogens is 932 g/mol. The number of amides is 2. The van der Waals surface area contributed by atoms with Gasteiger partial charge in [-0.25, -0.2) is 33.5 Å². The average molecular weight is 970 g/mol. The highest BCUT2D eigenvalue weighted by atomic mass is 35.5. The molecule has 1 saturated carbocycles. The van der Waals surface area contributed by atoms with E-state index < -0.39 is 74.6 Å². The zero-order chi connectivity index (χ0) is 48.1. The standard InChI is InChI=1S/C47H37Cl2F3N8O8/c1-56-35-21-38(68-3)37(67-2)20-33(35)54-32(42(56)63)15-16-57-44(65)58-17-14-29-34(60(58)45(57)66)19-30-41(62)59(55-40-31(49)18-24(22-53-40)47(50,51)52)43(64)46(30,23-8-10-25(48)11-9-23)39(29)28-12-13-36(61)27-7-5-4-6-26(27)28/h4-14,18,20-22,30,34,39,61H,15-17,19H2,1-3H3,(H,53,55). The van der Waals surface area contributed by atoms with Crippen LogP contribution in [0, 0.1) is 5.92 Å². The molecule has 2 amide bonds. The Kier molecular flexibility index (Phi) is 10.6. The number of methoxy groups -OCH3 is 2. The first kappa shape index (κ1) is 44.5. The number of rotatable bonds is 9. The lowest BCUT2D eigenvalue weighted by Gasteiger charge is -2.49. The number of carbonyl (C=O) groups excluding carboxylic acids is 2. The summed E-state index contributed by atoms with van der Waals surface area (Å²) in [6.07, 6.45) is -2.87. The SMILES string of the molecule is COc1cc2nc(CCn3c(=O)n4n(c3=O)C3CC5C(=O)N(Nc6ncc(C(F)(F)F)cc6Cl)C(=O)C5(c5ccc(Cl)cc5)C(c5ccc(O)c6ccccc56)C3=CC4)c(=O)n(C)c2cc1OC. The van der Waals surface area contributed by atoms with Crippen LogP contribution in [0.2, 0.25) is 10.0 Å². The molecule has 1 saturated heterocycles. The van der Waals surface area contributed by atoms with E-state index in [-0.39, 0.29) is 37.4 Å². The van der Waals surface area contributed by atoms with E-state index in [1.54, 1.807) is 79.9 Å². The second-order valence-corrected chi connectivity index (χ2v) is 17.5. The van der Waals surface area contributed by atoms with Gasteiger partial charge in [0.05, 0.1) is 59.8 Å². The number of alkyl halides is 3. The predicted octanol–water partition coefficient (Wildman–Crippen LogP) is 6.52. The highest BCUT2D eigenvalue weighted by molar-refractivity contribution is 6.33. The number of phenols is 1. The number of imide groups is 1. The molecule has 68 heavy (non-hydrogen) atoms. The fourth-order valence-corrected chi connectivity index (χ4v) is 10.6. The van der Waals surface area contributed by atoms with Gasteiger partial charge in [-0.15, -0.1) is 0 Å². The lowest BCUT2D eigenvalue weighted by molar-refractivity contribution is -0.139. The molecule has 0 spiro atoms. The van der Waals surface area contributed by atoms with Crippen LogP contribution in [-0.4, -0.2) is 64.6 Å². The largest absolute Gasteiger partial charge is 0.507 e. The molecular formula is C47H37Cl2F3N8O8. The van der Waals surface area contributed by atoms with Gasteiger partial charge in [0.1, 0.15) is 11.4 Å². The van der Waals surface area contributed by atoms with E-state index >= 15 is 9.59 Å². The van der Waals surface area contributed by atoms with Crippen molar-refractivity contribution < 1.29 is 37.3 Å². The number of fused-ring (bicyclic) bond motifs is 6. The Labute approximate surface area is 391 Å². The van der Waals surface area contributed by atoms with E-state index in [1.165, 1.54) is 34.2 Å². The number of nitrogens with one attached hydrogen (secondary N) is 1. The molecule has 4 atom stereocenters. The van der Waals surface area contributed by atoms with Crippen LogP contribution in [0.3, 0.4) is 0 Å². The summed E-state index contributed by atoms with van der Waals surface area (Å²) in [4.78, 5) is 82.0. The molecule has 0 radical (unpaired) electrons. The van der Waals surface area contributed by atoms with Crippen molar-refractivity contribution in [2.45, 2.75) is 49.5 Å². The summed E-state index contributed by atoms with van der Waals surface area (Å²) in [6, 6.07) is 19.2. The van der Waals surface area contributed by atoms with Crippen LogP contribution in [0.15, 0.2) is 111 Å². The van der Waals surface area contributed by atoms with E-state index in [4.69, 9.17) is 32.7 Å². The summed E-state index contributed by atoms with van der Waals surface area (Å²) < 4.78 is 56.7. The van der Waals surface area contributed by atoms with Crippen LogP contribution < -0.4 is 31.8 Å². The molecule has 10 rings (SSSR count). The van der Waals surface area contributed by atoms with Crippen LogP contribution in [0.5, 0.6) is 17.2 Å². The van der Waals surface area contributed by atoms with E-state index in [9.17, 15) is 32.7 Å². The summed E-state index contributed by atoms with van der Waals surface area (Å²) in [6.45, 7) is -0.401. The summed E-state index contributed by atoms with van der Waals surface area (Å²) in [5.74, 6) is -3.78. The lowest BCUT2D eigenvalue weighted by Crippen LogP contribution is -2.53. The van der Waals surface area contributed by atoms with E-state index in [1.807, 2.05) is 0 Å². The quantitative estimate of drug-likeness (QED) is 0.119. The van der Waals surface area contributed by atoms with E-state index in [2.05, 4.69) is 15.4 Å². The number of ether oxygens (including phenoxy) is 2. The van der Waals surface area contributed by atoms with Crippen molar-refractivity contribution in [2.24, 2.45) is 13.0 Å². The van der Waals surface area contributed by atoms with Crippen molar-refractivity contribution in [1.29, 1.82) is 0 Å². The Balaban J connectivity index is 1.13. The van der Waals surface area contributed by atoms with Gasteiger partial charge in [0.25, 0.3) is 17.4 Å². The highest BCUT2D eigenvalue weighted by Gasteiger charge is 2.69. The second kappa shape index (κ2) is 16.2. The van der Waals surface area contributed by atoms with Crippen LogP contribution in [0.25, 0.3) is 21.8 Å². The van der Waals surface area contributed by atoms with Crippen LogP contribution in [0.4, 0.5) is 19.0 Å². The Bertz CT molecular complexity index is 3510. The van der Waals surface area contributed by atoms with Crippen molar-refractivity contribution in [3.8, 4) is 17.2 Å². The number of nitrogens with zero attached hydrogens (tertiary/aromatic N) is 7. The maximum absolute atomic E-state index is 15.7. The number of aromatic hydroxyl groups is 1. The number of halogens is 5. The molecule has 1 aliphatic carbocycles. The first-order valence-electron chi connectivity index (χ1n) is 21.1. The molecule has 0 bridgehead atoms. The number of aryl methyl sites for hydroxylation is 2. The number of carbonyl (C=O) groups is 2. The smallest absolute Gasteiger partial charge is 0.417 e. The number of benzene rings is 4. The summed E-state index contributed by atoms with van der Waals surface area (Å²) in [5.41, 5.74) is -0.0399. The molecule has 16 nitrogen and oxygen atoms in total. The van der Waals surface area contributed by atoms with Crippen LogP contribution >= 0.6 is 23.2 Å². The van der Waals surface area contributed by atoms with Gasteiger partial charge in [-0.05, 0) is 52.8 Å². The van der Waals surface area contributed by atoms with Gasteiger partial charge >= 0.3 is 17.6 Å². The first-order chi connectivity index (χ1) is 32.5. The van der Waals surface area contributed by atoms with E-state index in [0.717, 1.165) is 4.57 Å². The number of hydrazine groups is 1. The molecule has 3 aliphatic rings. The van der Waals surface area contributed by atoms with Gasteiger partial charge in [-0.1, -0.05) is 71.7 Å². The Morgan fingerprint density at radius 2 is 1.62 bits per heavy atom. The second-order valence-electron chi connectivity index (χ2n) is 16.7. The minimum atomic E-state index is -4.79. The number of hydrogen-bond donors (Lipinski definition) is 2. The zero-order valence-corrected chi connectivity index (χ0v) is 37.6. The number of phenolic OH excluding ortho intramolecular Hbond substituents is 1. The fraction of sp³-hybridized carbons (Fsp3) is 0.255. The Hall–Kier alpha value is -7.38. The summed E-state index contributed by atoms with van der Waals surface area (Å²) in [5, 5.41) is 12.5. The number of anilines is 1. The third-order valence-corrected chi connectivity index (χ3v) is 13.9. The normalized spacial score (nSPS) is 20.0. The van der Waals surface area contributed by atoms with Gasteiger partial charge in [0.2, 0.25) is 0 Å². The monoisotopic (exact) mass is 968 g/mol. The maximum atomic E-state index is 15.7. The van der Waals surface area contributed by atoms with Gasteiger partial charge in [-0.2, -0.15) is 18.2 Å². The molecule has 7 aromatic rings. The van der Waals surface area contributed by atoms with E-state index in [0.29, 0.717) is 72.3 Å². The van der Waals surface area contributed by atoms with Crippen LogP contribution in [0.1, 0.15) is 40.8 Å². The summed E-state index contributed by atoms with van der Waals surface area (Å²) in [7, 11) is 4.49. The van der Waals surface area contributed by atoms with Crippen molar-refractivity contribution in [1.82, 2.24) is 33.5 Å². The molecule has 4 unspecified atom stereocenters. The maximum Gasteiger partial charge on any atom is 0.417 e. The van der Waals surface area contributed by atoms with Crippen molar-refractivity contribution in [2.75, 3.05) is 19.6 Å². The molecule has 2 fully saturated rings. The Morgan fingerprint density at radius 3 is 2.31 bits per heavy atom. The predicted molar refractivity (Wildman–Crippen MR) is 243 cm³/mol. The fourth-order valence-electron chi connectivity index (χ4n) is 10.3. The molecule has 4 aromatic carbocycles. The van der Waals surface area contributed by atoms with Gasteiger partial charge in [-0.3, -0.25) is 19.8 Å². The third-order valence-electron chi connectivity index (χ3n) is 13.4. The number of pyridine rings is 1. The Morgan fingerprint density at radius 1 is 0.912 bits per heavy atom. The van der Waals surface area contributed by atoms with Gasteiger partial charge in [0, 0.05) is 54.7 Å². The van der Waals surface area contributed by atoms with Crippen molar-refractivity contribution in [3.63, 3.8) is 0 Å².